The van der Waals surface area contributed by atoms with Gasteiger partial charge in [0.2, 0.25) is 0 Å². The van der Waals surface area contributed by atoms with Gasteiger partial charge in [-0.3, -0.25) is 0 Å². The molecule has 1 aromatic heterocycles. The van der Waals surface area contributed by atoms with Gasteiger partial charge in [0.25, 0.3) is 0 Å². The maximum atomic E-state index is 13.3. The third kappa shape index (κ3) is 3.49. The molecule has 0 bridgehead atoms. The first-order chi connectivity index (χ1) is 10.0. The number of methoxy groups -OCH3 is 1. The van der Waals surface area contributed by atoms with E-state index >= 15 is 0 Å². The minimum absolute atomic E-state index is 0.130. The fourth-order valence-corrected chi connectivity index (χ4v) is 1.81. The number of ether oxygens (including phenoxy) is 1. The van der Waals surface area contributed by atoms with Crippen LogP contribution in [0, 0.1) is 17.5 Å². The second-order valence-corrected chi connectivity index (χ2v) is 4.27. The van der Waals surface area contributed by atoms with Crippen LogP contribution in [0.5, 0.6) is 0 Å². The first-order valence-corrected chi connectivity index (χ1v) is 6.30. The molecule has 0 spiro atoms. The van der Waals surface area contributed by atoms with Crippen molar-refractivity contribution in [1.82, 2.24) is 9.97 Å². The Morgan fingerprint density at radius 3 is 2.33 bits per heavy atom. The number of hydrogen-bond acceptors (Lipinski definition) is 4. The van der Waals surface area contributed by atoms with Crippen molar-refractivity contribution < 1.29 is 17.9 Å². The summed E-state index contributed by atoms with van der Waals surface area (Å²) < 4.78 is 44.6. The topological polar surface area (TPSA) is 47.0 Å². The molecule has 0 aliphatic rings. The van der Waals surface area contributed by atoms with Crippen molar-refractivity contribution in [2.75, 3.05) is 19.0 Å². The molecular weight excluding hydrogens is 283 g/mol. The molecule has 0 unspecified atom stereocenters. The zero-order valence-corrected chi connectivity index (χ0v) is 11.6. The van der Waals surface area contributed by atoms with Crippen LogP contribution in [0.4, 0.5) is 19.0 Å². The van der Waals surface area contributed by atoms with Gasteiger partial charge in [-0.05, 0) is 19.1 Å². The van der Waals surface area contributed by atoms with Gasteiger partial charge >= 0.3 is 0 Å². The highest BCUT2D eigenvalue weighted by Crippen LogP contribution is 2.24. The monoisotopic (exact) mass is 297 g/mol. The minimum Gasteiger partial charge on any atom is -0.377 e. The van der Waals surface area contributed by atoms with Gasteiger partial charge in [-0.15, -0.1) is 0 Å². The van der Waals surface area contributed by atoms with Gasteiger partial charge in [-0.1, -0.05) is 0 Å². The Kier molecular flexibility index (Phi) is 4.74. The fourth-order valence-electron chi connectivity index (χ4n) is 1.81. The van der Waals surface area contributed by atoms with Crippen LogP contribution >= 0.6 is 0 Å². The number of hydrogen-bond donors (Lipinski definition) is 1. The Bertz CT molecular complexity index is 602. The Morgan fingerprint density at radius 1 is 1.10 bits per heavy atom. The van der Waals surface area contributed by atoms with Gasteiger partial charge in [-0.25, -0.2) is 23.1 Å². The second kappa shape index (κ2) is 6.53. The molecule has 0 saturated heterocycles. The van der Waals surface area contributed by atoms with Crippen molar-refractivity contribution in [3.63, 3.8) is 0 Å². The molecule has 112 valence electrons. The van der Waals surface area contributed by atoms with Gasteiger partial charge < -0.3 is 10.1 Å². The van der Waals surface area contributed by atoms with Crippen LogP contribution in [0.1, 0.15) is 12.7 Å². The largest absolute Gasteiger partial charge is 0.377 e. The zero-order chi connectivity index (χ0) is 15.4. The molecule has 1 N–H and O–H groups in total. The number of rotatable bonds is 5. The van der Waals surface area contributed by atoms with Crippen LogP contribution in [0.3, 0.4) is 0 Å². The van der Waals surface area contributed by atoms with E-state index in [0.717, 1.165) is 12.1 Å². The van der Waals surface area contributed by atoms with E-state index in [4.69, 9.17) is 4.74 Å². The van der Waals surface area contributed by atoms with E-state index in [1.807, 2.05) is 6.92 Å². The fraction of sp³-hybridized carbons (Fsp3) is 0.286. The highest BCUT2D eigenvalue weighted by Gasteiger charge is 2.14. The Morgan fingerprint density at radius 2 is 1.76 bits per heavy atom. The van der Waals surface area contributed by atoms with Crippen molar-refractivity contribution in [3.05, 3.63) is 41.5 Å². The SMILES string of the molecule is CCNc1cc(-c2cc(F)c(F)c(F)c2)nc(COC)n1. The van der Waals surface area contributed by atoms with Crippen LogP contribution in [-0.4, -0.2) is 23.6 Å². The summed E-state index contributed by atoms with van der Waals surface area (Å²) in [6, 6.07) is 3.33. The van der Waals surface area contributed by atoms with Crippen LogP contribution < -0.4 is 5.32 Å². The minimum atomic E-state index is -1.50. The summed E-state index contributed by atoms with van der Waals surface area (Å²) in [5, 5.41) is 2.99. The lowest BCUT2D eigenvalue weighted by atomic mass is 10.1. The predicted molar refractivity (Wildman–Crippen MR) is 72.2 cm³/mol. The quantitative estimate of drug-likeness (QED) is 0.861. The zero-order valence-electron chi connectivity index (χ0n) is 11.6. The molecule has 0 amide bonds. The average Bonchev–Trinajstić information content (AvgIpc) is 2.44. The van der Waals surface area contributed by atoms with E-state index in [-0.39, 0.29) is 17.9 Å². The Labute approximate surface area is 120 Å². The molecule has 2 rings (SSSR count). The summed E-state index contributed by atoms with van der Waals surface area (Å²) in [7, 11) is 1.49. The molecule has 0 atom stereocenters. The maximum Gasteiger partial charge on any atom is 0.194 e. The summed E-state index contributed by atoms with van der Waals surface area (Å²) in [5.41, 5.74) is 0.413. The standard InChI is InChI=1S/C14H14F3N3O/c1-3-18-12-6-11(19-13(20-12)7-21-2)8-4-9(15)14(17)10(16)5-8/h4-6H,3,7H2,1-2H3,(H,18,19,20). The first kappa shape index (κ1) is 15.2. The Hall–Kier alpha value is -2.15. The van der Waals surface area contributed by atoms with Crippen molar-refractivity contribution in [2.24, 2.45) is 0 Å². The van der Waals surface area contributed by atoms with Crippen LogP contribution in [0.25, 0.3) is 11.3 Å². The molecule has 4 nitrogen and oxygen atoms in total. The number of nitrogens with zero attached hydrogens (tertiary/aromatic N) is 2. The summed E-state index contributed by atoms with van der Waals surface area (Å²) in [4.78, 5) is 8.35. The molecule has 0 aliphatic carbocycles. The van der Waals surface area contributed by atoms with E-state index in [1.54, 1.807) is 0 Å². The molecule has 7 heteroatoms. The first-order valence-electron chi connectivity index (χ1n) is 6.30. The molecule has 0 aliphatic heterocycles. The normalized spacial score (nSPS) is 10.7. The molecule has 2 aromatic rings. The third-order valence-corrected chi connectivity index (χ3v) is 2.68. The number of anilines is 1. The number of aromatic nitrogens is 2. The van der Waals surface area contributed by atoms with Gasteiger partial charge in [0.1, 0.15) is 12.4 Å². The maximum absolute atomic E-state index is 13.3. The predicted octanol–water partition coefficient (Wildman–Crippen LogP) is 3.14. The summed E-state index contributed by atoms with van der Waals surface area (Å²) >= 11 is 0. The smallest absolute Gasteiger partial charge is 0.194 e. The van der Waals surface area contributed by atoms with Crippen LogP contribution in [0.15, 0.2) is 18.2 Å². The van der Waals surface area contributed by atoms with Gasteiger partial charge in [0, 0.05) is 25.3 Å². The van der Waals surface area contributed by atoms with Crippen molar-refractivity contribution in [3.8, 4) is 11.3 Å². The van der Waals surface area contributed by atoms with E-state index in [0.29, 0.717) is 18.2 Å². The average molecular weight is 297 g/mol. The van der Waals surface area contributed by atoms with Gasteiger partial charge in [0.15, 0.2) is 23.3 Å². The Balaban J connectivity index is 2.51. The van der Waals surface area contributed by atoms with Crippen molar-refractivity contribution >= 4 is 5.82 Å². The molecule has 0 radical (unpaired) electrons. The van der Waals surface area contributed by atoms with Gasteiger partial charge in [0.05, 0.1) is 5.69 Å². The summed E-state index contributed by atoms with van der Waals surface area (Å²) in [6.07, 6.45) is 0. The molecule has 21 heavy (non-hydrogen) atoms. The molecule has 0 fully saturated rings. The van der Waals surface area contributed by atoms with E-state index in [9.17, 15) is 13.2 Å². The third-order valence-electron chi connectivity index (χ3n) is 2.68. The lowest BCUT2D eigenvalue weighted by molar-refractivity contribution is 0.178. The molecule has 1 aromatic carbocycles. The van der Waals surface area contributed by atoms with Crippen LogP contribution in [0.2, 0.25) is 0 Å². The molecule has 0 saturated carbocycles. The highest BCUT2D eigenvalue weighted by atomic mass is 19.2. The molecular formula is C14H14F3N3O. The summed E-state index contributed by atoms with van der Waals surface area (Å²) in [6.45, 7) is 2.66. The molecule has 1 heterocycles. The van der Waals surface area contributed by atoms with Crippen molar-refractivity contribution in [1.29, 1.82) is 0 Å². The van der Waals surface area contributed by atoms with E-state index in [1.165, 1.54) is 13.2 Å². The lowest BCUT2D eigenvalue weighted by Gasteiger charge is -2.09. The number of nitrogens with one attached hydrogen (secondary N) is 1. The number of benzene rings is 1. The van der Waals surface area contributed by atoms with Gasteiger partial charge in [-0.2, -0.15) is 0 Å². The highest BCUT2D eigenvalue weighted by molar-refractivity contribution is 5.62. The number of halogens is 3. The second-order valence-electron chi connectivity index (χ2n) is 4.27. The van der Waals surface area contributed by atoms with Crippen molar-refractivity contribution in [2.45, 2.75) is 13.5 Å². The van der Waals surface area contributed by atoms with E-state index < -0.39 is 17.5 Å². The van der Waals surface area contributed by atoms with E-state index in [2.05, 4.69) is 15.3 Å². The summed E-state index contributed by atoms with van der Waals surface area (Å²) in [5.74, 6) is -3.17. The lowest BCUT2D eigenvalue weighted by Crippen LogP contribution is -2.06. The van der Waals surface area contributed by atoms with Crippen LogP contribution in [-0.2, 0) is 11.3 Å².